The number of thiophene rings is 1. The highest BCUT2D eigenvalue weighted by Crippen LogP contribution is 2.30. The van der Waals surface area contributed by atoms with E-state index < -0.39 is 0 Å². The Hall–Kier alpha value is -1.84. The van der Waals surface area contributed by atoms with Crippen LogP contribution < -0.4 is 0 Å². The predicted octanol–water partition coefficient (Wildman–Crippen LogP) is 3.65. The summed E-state index contributed by atoms with van der Waals surface area (Å²) in [6, 6.07) is 8.01. The van der Waals surface area contributed by atoms with Crippen LogP contribution in [0.15, 0.2) is 28.6 Å². The molecule has 0 bridgehead atoms. The molecule has 2 rings (SSSR count). The molecule has 0 unspecified atom stereocenters. The van der Waals surface area contributed by atoms with Crippen molar-refractivity contribution in [1.29, 1.82) is 5.26 Å². The molecule has 0 spiro atoms. The number of esters is 1. The van der Waals surface area contributed by atoms with Gasteiger partial charge >= 0.3 is 5.97 Å². The number of ether oxygens (including phenoxy) is 1. The Morgan fingerprint density at radius 3 is 3.00 bits per heavy atom. The van der Waals surface area contributed by atoms with Gasteiger partial charge in [-0.3, -0.25) is 4.79 Å². The Morgan fingerprint density at radius 2 is 2.38 bits per heavy atom. The molecule has 6 heteroatoms. The zero-order valence-electron chi connectivity index (χ0n) is 11.8. The third kappa shape index (κ3) is 3.84. The van der Waals surface area contributed by atoms with Crippen LogP contribution in [-0.2, 0) is 9.53 Å². The van der Waals surface area contributed by atoms with E-state index in [0.717, 1.165) is 16.1 Å². The normalized spacial score (nSPS) is 10.1. The van der Waals surface area contributed by atoms with Gasteiger partial charge in [0.15, 0.2) is 0 Å². The lowest BCUT2D eigenvalue weighted by Crippen LogP contribution is -2.07. The van der Waals surface area contributed by atoms with Crippen molar-refractivity contribution in [3.8, 4) is 16.6 Å². The Balaban J connectivity index is 2.30. The zero-order valence-corrected chi connectivity index (χ0v) is 13.4. The number of aromatic nitrogens is 1. The lowest BCUT2D eigenvalue weighted by Gasteiger charge is -2.08. The van der Waals surface area contributed by atoms with Crippen LogP contribution in [0.5, 0.6) is 0 Å². The first-order chi connectivity index (χ1) is 10.2. The molecule has 2 heterocycles. The van der Waals surface area contributed by atoms with E-state index in [1.54, 1.807) is 18.3 Å². The number of nitrogens with zero attached hydrogens (tertiary/aromatic N) is 2. The van der Waals surface area contributed by atoms with Crippen LogP contribution in [-0.4, -0.2) is 23.3 Å². The quantitative estimate of drug-likeness (QED) is 0.622. The summed E-state index contributed by atoms with van der Waals surface area (Å²) in [4.78, 5) is 17.0. The van der Waals surface area contributed by atoms with Crippen molar-refractivity contribution in [2.24, 2.45) is 0 Å². The standard InChI is InChI=1S/C15H14N2O2S2/c1-3-19-14(18)9-21-15-11(8-16)10(2)7-12(17-15)13-5-4-6-20-13/h4-7H,3,9H2,1-2H3. The van der Waals surface area contributed by atoms with Gasteiger partial charge in [0.2, 0.25) is 0 Å². The van der Waals surface area contributed by atoms with Crippen LogP contribution in [0.25, 0.3) is 10.6 Å². The fraction of sp³-hybridized carbons (Fsp3) is 0.267. The molecule has 0 amide bonds. The molecule has 0 aliphatic carbocycles. The lowest BCUT2D eigenvalue weighted by atomic mass is 10.1. The van der Waals surface area contributed by atoms with E-state index in [2.05, 4.69) is 11.1 Å². The Bertz CT molecular complexity index is 676. The van der Waals surface area contributed by atoms with Crippen molar-refractivity contribution in [2.45, 2.75) is 18.9 Å². The Labute approximate surface area is 131 Å². The summed E-state index contributed by atoms with van der Waals surface area (Å²) in [5.41, 5.74) is 2.21. The highest BCUT2D eigenvalue weighted by atomic mass is 32.2. The van der Waals surface area contributed by atoms with Crippen LogP contribution in [0.2, 0.25) is 0 Å². The number of hydrogen-bond donors (Lipinski definition) is 0. The summed E-state index contributed by atoms with van der Waals surface area (Å²) in [5.74, 6) is -0.143. The minimum Gasteiger partial charge on any atom is -0.465 e. The Kier molecular flexibility index (Phi) is 5.37. The maximum atomic E-state index is 11.5. The van der Waals surface area contributed by atoms with Gasteiger partial charge in [-0.15, -0.1) is 11.3 Å². The van der Waals surface area contributed by atoms with Gasteiger partial charge in [0.05, 0.1) is 28.5 Å². The van der Waals surface area contributed by atoms with E-state index in [1.165, 1.54) is 11.8 Å². The zero-order chi connectivity index (χ0) is 15.2. The van der Waals surface area contributed by atoms with Crippen LogP contribution in [0.3, 0.4) is 0 Å². The highest BCUT2D eigenvalue weighted by Gasteiger charge is 2.14. The van der Waals surface area contributed by atoms with E-state index in [9.17, 15) is 10.1 Å². The molecule has 0 aromatic carbocycles. The average Bonchev–Trinajstić information content (AvgIpc) is 2.99. The van der Waals surface area contributed by atoms with Gasteiger partial charge in [-0.2, -0.15) is 5.26 Å². The molecule has 0 saturated heterocycles. The number of aryl methyl sites for hydroxylation is 1. The summed E-state index contributed by atoms with van der Waals surface area (Å²) in [6.07, 6.45) is 0. The number of carbonyl (C=O) groups is 1. The number of thioether (sulfide) groups is 1. The average molecular weight is 318 g/mol. The molecule has 2 aromatic heterocycles. The van der Waals surface area contributed by atoms with Gasteiger partial charge in [-0.1, -0.05) is 17.8 Å². The third-order valence-electron chi connectivity index (χ3n) is 2.70. The molecule has 2 aromatic rings. The fourth-order valence-electron chi connectivity index (χ4n) is 1.76. The number of rotatable bonds is 5. The largest absolute Gasteiger partial charge is 0.465 e. The van der Waals surface area contributed by atoms with Gasteiger partial charge in [-0.05, 0) is 36.9 Å². The summed E-state index contributed by atoms with van der Waals surface area (Å²) < 4.78 is 4.90. The summed E-state index contributed by atoms with van der Waals surface area (Å²) >= 11 is 2.83. The monoisotopic (exact) mass is 318 g/mol. The maximum absolute atomic E-state index is 11.5. The number of nitriles is 1. The first-order valence-corrected chi connectivity index (χ1v) is 8.26. The predicted molar refractivity (Wildman–Crippen MR) is 84.4 cm³/mol. The number of pyridine rings is 1. The van der Waals surface area contributed by atoms with Crippen molar-refractivity contribution in [2.75, 3.05) is 12.4 Å². The van der Waals surface area contributed by atoms with Crippen molar-refractivity contribution < 1.29 is 9.53 Å². The van der Waals surface area contributed by atoms with E-state index in [4.69, 9.17) is 4.74 Å². The maximum Gasteiger partial charge on any atom is 0.316 e. The van der Waals surface area contributed by atoms with Gasteiger partial charge in [0.25, 0.3) is 0 Å². The van der Waals surface area contributed by atoms with Gasteiger partial charge in [0.1, 0.15) is 11.1 Å². The third-order valence-corrected chi connectivity index (χ3v) is 4.54. The molecule has 0 atom stereocenters. The van der Waals surface area contributed by atoms with Crippen molar-refractivity contribution in [3.05, 3.63) is 34.7 Å². The summed E-state index contributed by atoms with van der Waals surface area (Å²) in [7, 11) is 0. The highest BCUT2D eigenvalue weighted by molar-refractivity contribution is 7.99. The molecular weight excluding hydrogens is 304 g/mol. The second-order valence-electron chi connectivity index (χ2n) is 4.19. The molecule has 0 saturated carbocycles. The van der Waals surface area contributed by atoms with Crippen molar-refractivity contribution >= 4 is 29.1 Å². The molecule has 0 fully saturated rings. The van der Waals surface area contributed by atoms with Crippen molar-refractivity contribution in [3.63, 3.8) is 0 Å². The molecule has 0 aliphatic heterocycles. The smallest absolute Gasteiger partial charge is 0.316 e. The SMILES string of the molecule is CCOC(=O)CSc1nc(-c2cccs2)cc(C)c1C#N. The lowest BCUT2D eigenvalue weighted by molar-refractivity contribution is -0.139. The second-order valence-corrected chi connectivity index (χ2v) is 6.10. The molecular formula is C15H14N2O2S2. The van der Waals surface area contributed by atoms with Crippen molar-refractivity contribution in [1.82, 2.24) is 4.98 Å². The summed E-state index contributed by atoms with van der Waals surface area (Å²) in [6.45, 7) is 4.00. The first kappa shape index (κ1) is 15.5. The number of carbonyl (C=O) groups excluding carboxylic acids is 1. The van der Waals surface area contributed by atoms with E-state index >= 15 is 0 Å². The molecule has 0 aliphatic rings. The number of hydrogen-bond acceptors (Lipinski definition) is 6. The van der Waals surface area contributed by atoms with Crippen LogP contribution in [0.4, 0.5) is 0 Å². The van der Waals surface area contributed by atoms with E-state index in [1.807, 2.05) is 30.5 Å². The van der Waals surface area contributed by atoms with Gasteiger partial charge < -0.3 is 4.74 Å². The van der Waals surface area contributed by atoms with Gasteiger partial charge in [0, 0.05) is 0 Å². The summed E-state index contributed by atoms with van der Waals surface area (Å²) in [5, 5.41) is 11.8. The molecule has 21 heavy (non-hydrogen) atoms. The van der Waals surface area contributed by atoms with E-state index in [-0.39, 0.29) is 11.7 Å². The van der Waals surface area contributed by atoms with Crippen LogP contribution in [0.1, 0.15) is 18.1 Å². The van der Waals surface area contributed by atoms with Crippen LogP contribution in [0, 0.1) is 18.3 Å². The molecule has 108 valence electrons. The molecule has 0 radical (unpaired) electrons. The fourth-order valence-corrected chi connectivity index (χ4v) is 3.30. The second kappa shape index (κ2) is 7.25. The molecule has 0 N–H and O–H groups in total. The van der Waals surface area contributed by atoms with E-state index in [0.29, 0.717) is 17.2 Å². The first-order valence-electron chi connectivity index (χ1n) is 6.39. The Morgan fingerprint density at radius 1 is 1.57 bits per heavy atom. The molecule has 4 nitrogen and oxygen atoms in total. The van der Waals surface area contributed by atoms with Crippen LogP contribution >= 0.6 is 23.1 Å². The topological polar surface area (TPSA) is 63.0 Å². The minimum absolute atomic E-state index is 0.156. The van der Waals surface area contributed by atoms with Gasteiger partial charge in [-0.25, -0.2) is 4.98 Å². The minimum atomic E-state index is -0.299.